The van der Waals surface area contributed by atoms with E-state index in [1.165, 1.54) is 5.06 Å². The zero-order chi connectivity index (χ0) is 13.0. The molecule has 1 aliphatic heterocycles. The Morgan fingerprint density at radius 1 is 1.44 bits per heavy atom. The molecular formula is C12H13BrN2O3. The average Bonchev–Trinajstić information content (AvgIpc) is 2.89. The lowest BCUT2D eigenvalue weighted by atomic mass is 10.2. The third-order valence-electron chi connectivity index (χ3n) is 2.52. The SMILES string of the molecule is O=C(NCC(=O)N1CCCO1)c1cccc(Br)c1. The van der Waals surface area contributed by atoms with E-state index in [0.29, 0.717) is 18.7 Å². The molecule has 1 aromatic rings. The molecule has 0 bridgehead atoms. The smallest absolute Gasteiger partial charge is 0.265 e. The van der Waals surface area contributed by atoms with Crippen molar-refractivity contribution in [1.29, 1.82) is 0 Å². The van der Waals surface area contributed by atoms with Gasteiger partial charge >= 0.3 is 0 Å². The van der Waals surface area contributed by atoms with E-state index in [4.69, 9.17) is 4.84 Å². The number of hydrogen-bond donors (Lipinski definition) is 1. The van der Waals surface area contributed by atoms with Gasteiger partial charge in [-0.05, 0) is 24.6 Å². The van der Waals surface area contributed by atoms with Crippen molar-refractivity contribution in [1.82, 2.24) is 10.4 Å². The van der Waals surface area contributed by atoms with Crippen LogP contribution in [0.1, 0.15) is 16.8 Å². The second kappa shape index (κ2) is 5.97. The zero-order valence-corrected chi connectivity index (χ0v) is 11.3. The summed E-state index contributed by atoms with van der Waals surface area (Å²) in [4.78, 5) is 28.5. The highest BCUT2D eigenvalue weighted by atomic mass is 79.9. The molecule has 1 aromatic carbocycles. The number of hydrogen-bond acceptors (Lipinski definition) is 3. The van der Waals surface area contributed by atoms with Crippen LogP contribution >= 0.6 is 15.9 Å². The fourth-order valence-electron chi connectivity index (χ4n) is 1.62. The van der Waals surface area contributed by atoms with Crippen molar-refractivity contribution in [3.8, 4) is 0 Å². The molecule has 96 valence electrons. The predicted octanol–water partition coefficient (Wildman–Crippen LogP) is 1.34. The van der Waals surface area contributed by atoms with Gasteiger partial charge in [-0.1, -0.05) is 22.0 Å². The molecule has 0 spiro atoms. The van der Waals surface area contributed by atoms with Gasteiger partial charge < -0.3 is 5.32 Å². The monoisotopic (exact) mass is 312 g/mol. The highest BCUT2D eigenvalue weighted by Gasteiger charge is 2.19. The Labute approximate surface area is 113 Å². The molecule has 1 saturated heterocycles. The molecule has 0 radical (unpaired) electrons. The maximum atomic E-state index is 11.8. The molecule has 0 saturated carbocycles. The molecule has 2 amide bonds. The van der Waals surface area contributed by atoms with E-state index < -0.39 is 0 Å². The zero-order valence-electron chi connectivity index (χ0n) is 9.69. The average molecular weight is 313 g/mol. The number of carbonyl (C=O) groups excluding carboxylic acids is 2. The van der Waals surface area contributed by atoms with Gasteiger partial charge in [0, 0.05) is 10.0 Å². The number of benzene rings is 1. The van der Waals surface area contributed by atoms with Crippen molar-refractivity contribution in [2.75, 3.05) is 19.7 Å². The lowest BCUT2D eigenvalue weighted by molar-refractivity contribution is -0.167. The minimum absolute atomic E-state index is 0.0503. The number of carbonyl (C=O) groups is 2. The lowest BCUT2D eigenvalue weighted by Gasteiger charge is -2.14. The molecule has 1 fully saturated rings. The highest BCUT2D eigenvalue weighted by molar-refractivity contribution is 9.10. The van der Waals surface area contributed by atoms with Gasteiger partial charge in [-0.3, -0.25) is 14.4 Å². The number of amides is 2. The number of hydroxylamine groups is 2. The van der Waals surface area contributed by atoms with Crippen LogP contribution in [0.3, 0.4) is 0 Å². The number of rotatable bonds is 3. The molecule has 0 unspecified atom stereocenters. The van der Waals surface area contributed by atoms with Gasteiger partial charge in [0.1, 0.15) is 0 Å². The summed E-state index contributed by atoms with van der Waals surface area (Å²) >= 11 is 3.29. The highest BCUT2D eigenvalue weighted by Crippen LogP contribution is 2.11. The molecule has 1 N–H and O–H groups in total. The Bertz CT molecular complexity index is 458. The van der Waals surface area contributed by atoms with Crippen LogP contribution in [0.15, 0.2) is 28.7 Å². The summed E-state index contributed by atoms with van der Waals surface area (Å²) in [6.07, 6.45) is 0.839. The first-order valence-corrected chi connectivity index (χ1v) is 6.43. The molecule has 6 heteroatoms. The summed E-state index contributed by atoms with van der Waals surface area (Å²) in [6.45, 7) is 1.10. The van der Waals surface area contributed by atoms with E-state index in [1.807, 2.05) is 6.07 Å². The normalized spacial score (nSPS) is 14.6. The maximum absolute atomic E-state index is 11.8. The quantitative estimate of drug-likeness (QED) is 0.916. The van der Waals surface area contributed by atoms with Crippen LogP contribution in [0.25, 0.3) is 0 Å². The van der Waals surface area contributed by atoms with Gasteiger partial charge in [-0.15, -0.1) is 0 Å². The molecule has 5 nitrogen and oxygen atoms in total. The first-order chi connectivity index (χ1) is 8.66. The van der Waals surface area contributed by atoms with Crippen LogP contribution in [0.4, 0.5) is 0 Å². The first-order valence-electron chi connectivity index (χ1n) is 5.64. The van der Waals surface area contributed by atoms with E-state index in [0.717, 1.165) is 10.9 Å². The van der Waals surface area contributed by atoms with Crippen LogP contribution in [-0.2, 0) is 9.63 Å². The molecule has 18 heavy (non-hydrogen) atoms. The summed E-state index contributed by atoms with van der Waals surface area (Å²) in [7, 11) is 0. The van der Waals surface area contributed by atoms with Crippen molar-refractivity contribution < 1.29 is 14.4 Å². The lowest BCUT2D eigenvalue weighted by Crippen LogP contribution is -2.38. The van der Waals surface area contributed by atoms with Crippen LogP contribution in [0, 0.1) is 0 Å². The predicted molar refractivity (Wildman–Crippen MR) is 68.8 cm³/mol. The Hall–Kier alpha value is -1.40. The molecule has 1 heterocycles. The van der Waals surface area contributed by atoms with Gasteiger partial charge in [-0.2, -0.15) is 0 Å². The topological polar surface area (TPSA) is 58.6 Å². The van der Waals surface area contributed by atoms with E-state index in [2.05, 4.69) is 21.2 Å². The maximum Gasteiger partial charge on any atom is 0.265 e. The first kappa shape index (κ1) is 13.0. The molecule has 0 aliphatic carbocycles. The standard InChI is InChI=1S/C12H13BrN2O3/c13-10-4-1-3-9(7-10)12(17)14-8-11(16)15-5-2-6-18-15/h1,3-4,7H,2,5-6,8H2,(H,14,17). The molecule has 0 aromatic heterocycles. The molecular weight excluding hydrogens is 300 g/mol. The summed E-state index contributed by atoms with van der Waals surface area (Å²) in [5.74, 6) is -0.500. The van der Waals surface area contributed by atoms with Crippen LogP contribution in [0.2, 0.25) is 0 Å². The van der Waals surface area contributed by atoms with Crippen LogP contribution in [-0.4, -0.2) is 36.6 Å². The third-order valence-corrected chi connectivity index (χ3v) is 3.01. The Morgan fingerprint density at radius 3 is 2.94 bits per heavy atom. The van der Waals surface area contributed by atoms with E-state index in [-0.39, 0.29) is 18.4 Å². The van der Waals surface area contributed by atoms with Crippen LogP contribution in [0.5, 0.6) is 0 Å². The third kappa shape index (κ3) is 3.30. The minimum atomic E-state index is -0.274. The van der Waals surface area contributed by atoms with Crippen molar-refractivity contribution in [3.05, 3.63) is 34.3 Å². The van der Waals surface area contributed by atoms with Crippen molar-refractivity contribution >= 4 is 27.7 Å². The van der Waals surface area contributed by atoms with E-state index in [1.54, 1.807) is 18.2 Å². The van der Waals surface area contributed by atoms with Gasteiger partial charge in [0.05, 0.1) is 19.7 Å². The van der Waals surface area contributed by atoms with Gasteiger partial charge in [0.2, 0.25) is 0 Å². The van der Waals surface area contributed by atoms with Gasteiger partial charge in [-0.25, -0.2) is 5.06 Å². The molecule has 1 aliphatic rings. The fourth-order valence-corrected chi connectivity index (χ4v) is 2.02. The summed E-state index contributed by atoms with van der Waals surface area (Å²) < 4.78 is 0.823. The number of nitrogens with one attached hydrogen (secondary N) is 1. The van der Waals surface area contributed by atoms with Crippen LogP contribution < -0.4 is 5.32 Å². The van der Waals surface area contributed by atoms with E-state index in [9.17, 15) is 9.59 Å². The van der Waals surface area contributed by atoms with E-state index >= 15 is 0 Å². The van der Waals surface area contributed by atoms with Gasteiger partial charge in [0.15, 0.2) is 0 Å². The van der Waals surface area contributed by atoms with Gasteiger partial charge in [0.25, 0.3) is 11.8 Å². The van der Waals surface area contributed by atoms with Crippen molar-refractivity contribution in [2.24, 2.45) is 0 Å². The Morgan fingerprint density at radius 2 is 2.28 bits per heavy atom. The summed E-state index contributed by atoms with van der Waals surface area (Å²) in [6, 6.07) is 6.99. The summed E-state index contributed by atoms with van der Waals surface area (Å²) in [5.41, 5.74) is 0.513. The second-order valence-electron chi connectivity index (χ2n) is 3.88. The number of nitrogens with zero attached hydrogens (tertiary/aromatic N) is 1. The van der Waals surface area contributed by atoms with Crippen molar-refractivity contribution in [2.45, 2.75) is 6.42 Å². The molecule has 0 atom stereocenters. The minimum Gasteiger partial charge on any atom is -0.343 e. The molecule has 2 rings (SSSR count). The fraction of sp³-hybridized carbons (Fsp3) is 0.333. The Balaban J connectivity index is 1.86. The Kier molecular flexibility index (Phi) is 4.33. The number of halogens is 1. The largest absolute Gasteiger partial charge is 0.343 e. The second-order valence-corrected chi connectivity index (χ2v) is 4.79. The summed E-state index contributed by atoms with van der Waals surface area (Å²) in [5, 5.41) is 3.86. The van der Waals surface area contributed by atoms with Crippen molar-refractivity contribution in [3.63, 3.8) is 0 Å².